The number of hydrogen-bond acceptors (Lipinski definition) is 3. The van der Waals surface area contributed by atoms with Crippen LogP contribution in [0.2, 0.25) is 0 Å². The zero-order valence-electron chi connectivity index (χ0n) is 16.4. The van der Waals surface area contributed by atoms with E-state index in [-0.39, 0.29) is 12.0 Å². The summed E-state index contributed by atoms with van der Waals surface area (Å²) in [6.07, 6.45) is 12.1. The highest BCUT2D eigenvalue weighted by atomic mass is 16.3. The second kappa shape index (κ2) is 5.36. The molecule has 6 rings (SSSR count). The van der Waals surface area contributed by atoms with Gasteiger partial charge in [0.15, 0.2) is 0 Å². The number of ketones is 1. The molecule has 146 valence electrons. The lowest BCUT2D eigenvalue weighted by atomic mass is 9.49. The van der Waals surface area contributed by atoms with Crippen LogP contribution in [0.3, 0.4) is 0 Å². The van der Waals surface area contributed by atoms with Crippen molar-refractivity contribution in [2.24, 2.45) is 46.8 Å². The van der Waals surface area contributed by atoms with Gasteiger partial charge in [-0.2, -0.15) is 0 Å². The number of hydrogen-bond donors (Lipinski definition) is 2. The van der Waals surface area contributed by atoms with Crippen LogP contribution >= 0.6 is 0 Å². The Bertz CT molecular complexity index is 766. The molecule has 4 saturated carbocycles. The van der Waals surface area contributed by atoms with Gasteiger partial charge in [-0.25, -0.2) is 0 Å². The maximum Gasteiger partial charge on any atom is 0.137 e. The molecule has 27 heavy (non-hydrogen) atoms. The smallest absolute Gasteiger partial charge is 0.137 e. The number of carbonyl (C=O) groups is 1. The zero-order chi connectivity index (χ0) is 18.6. The number of fused-ring (bicyclic) bond motifs is 9. The van der Waals surface area contributed by atoms with E-state index in [2.05, 4.69) is 6.92 Å². The average molecular weight is 369 g/mol. The largest absolute Gasteiger partial charge is 0.392 e. The van der Waals surface area contributed by atoms with Crippen LogP contribution in [-0.2, 0) is 4.79 Å². The van der Waals surface area contributed by atoms with Gasteiger partial charge in [-0.15, -0.1) is 0 Å². The van der Waals surface area contributed by atoms with Gasteiger partial charge in [0.05, 0.1) is 12.2 Å². The van der Waals surface area contributed by atoms with Crippen molar-refractivity contribution < 1.29 is 15.0 Å². The normalized spacial score (nSPS) is 54.9. The van der Waals surface area contributed by atoms with Gasteiger partial charge in [0, 0.05) is 18.3 Å². The van der Waals surface area contributed by atoms with Crippen LogP contribution in [0.5, 0.6) is 0 Å². The van der Waals surface area contributed by atoms with E-state index in [0.717, 1.165) is 43.9 Å². The van der Waals surface area contributed by atoms with Crippen molar-refractivity contribution in [3.05, 3.63) is 23.3 Å². The highest BCUT2D eigenvalue weighted by molar-refractivity contribution is 5.83. The van der Waals surface area contributed by atoms with Crippen LogP contribution in [0.25, 0.3) is 0 Å². The van der Waals surface area contributed by atoms with Crippen molar-refractivity contribution in [2.45, 2.75) is 63.9 Å². The van der Waals surface area contributed by atoms with Crippen LogP contribution in [0.4, 0.5) is 0 Å². The molecule has 0 heterocycles. The van der Waals surface area contributed by atoms with Gasteiger partial charge >= 0.3 is 0 Å². The summed E-state index contributed by atoms with van der Waals surface area (Å²) in [6.45, 7) is 2.30. The number of aliphatic hydroxyl groups is 2. The number of aliphatic hydroxyl groups excluding tert-OH is 1. The van der Waals surface area contributed by atoms with Crippen molar-refractivity contribution in [1.82, 2.24) is 0 Å². The summed E-state index contributed by atoms with van der Waals surface area (Å²) in [7, 11) is 0. The lowest BCUT2D eigenvalue weighted by Gasteiger charge is -2.56. The molecule has 4 fully saturated rings. The third kappa shape index (κ3) is 1.93. The molecule has 0 aliphatic heterocycles. The van der Waals surface area contributed by atoms with E-state index in [0.29, 0.717) is 35.4 Å². The topological polar surface area (TPSA) is 57.5 Å². The summed E-state index contributed by atoms with van der Waals surface area (Å²) in [5.41, 5.74) is 2.53. The summed E-state index contributed by atoms with van der Waals surface area (Å²) >= 11 is 0. The number of Topliss-reactive ketones (excluding diaryl/α,β-unsaturated/α-hetero) is 1. The van der Waals surface area contributed by atoms with Crippen molar-refractivity contribution in [2.75, 3.05) is 6.61 Å². The monoisotopic (exact) mass is 368 g/mol. The Balaban J connectivity index is 1.42. The number of carbonyl (C=O) groups excluding carboxylic acids is 1. The van der Waals surface area contributed by atoms with Crippen molar-refractivity contribution in [3.63, 3.8) is 0 Å². The molecule has 3 nitrogen and oxygen atoms in total. The fourth-order valence-electron chi connectivity index (χ4n) is 8.91. The first-order valence-corrected chi connectivity index (χ1v) is 11.3. The summed E-state index contributed by atoms with van der Waals surface area (Å²) in [4.78, 5) is 12.1. The van der Waals surface area contributed by atoms with Crippen LogP contribution in [0.1, 0.15) is 58.3 Å². The Morgan fingerprint density at radius 3 is 2.78 bits per heavy atom. The Morgan fingerprint density at radius 2 is 2.00 bits per heavy atom. The summed E-state index contributed by atoms with van der Waals surface area (Å²) in [5.74, 6) is 5.08. The summed E-state index contributed by atoms with van der Waals surface area (Å²) < 4.78 is 0. The van der Waals surface area contributed by atoms with E-state index >= 15 is 0 Å². The van der Waals surface area contributed by atoms with Crippen molar-refractivity contribution in [3.8, 4) is 0 Å². The Kier molecular flexibility index (Phi) is 3.37. The Hall–Kier alpha value is -0.930. The van der Waals surface area contributed by atoms with Gasteiger partial charge in [0.25, 0.3) is 0 Å². The average Bonchev–Trinajstić information content (AvgIpc) is 3.58. The van der Waals surface area contributed by atoms with Crippen LogP contribution in [0.15, 0.2) is 23.3 Å². The molecule has 2 N–H and O–H groups in total. The van der Waals surface area contributed by atoms with Gasteiger partial charge in [-0.05, 0) is 80.0 Å². The molecular formula is C24H32O3. The van der Waals surface area contributed by atoms with Crippen LogP contribution < -0.4 is 0 Å². The number of allylic oxidation sites excluding steroid dienone is 2. The van der Waals surface area contributed by atoms with E-state index < -0.39 is 5.60 Å². The second-order valence-electron chi connectivity index (χ2n) is 10.4. The van der Waals surface area contributed by atoms with Crippen LogP contribution in [0, 0.1) is 46.8 Å². The molecule has 0 aromatic heterocycles. The predicted molar refractivity (Wildman–Crippen MR) is 103 cm³/mol. The van der Waals surface area contributed by atoms with Gasteiger partial charge in [0.1, 0.15) is 5.78 Å². The molecule has 6 aliphatic rings. The minimum absolute atomic E-state index is 0.00308. The second-order valence-corrected chi connectivity index (χ2v) is 10.4. The molecule has 3 heteroatoms. The molecule has 0 aromatic rings. The van der Waals surface area contributed by atoms with Gasteiger partial charge in [0.2, 0.25) is 0 Å². The highest BCUT2D eigenvalue weighted by Crippen LogP contribution is 2.79. The van der Waals surface area contributed by atoms with Gasteiger partial charge in [-0.3, -0.25) is 4.79 Å². The Morgan fingerprint density at radius 1 is 1.15 bits per heavy atom. The van der Waals surface area contributed by atoms with E-state index in [1.165, 1.54) is 19.3 Å². The first-order chi connectivity index (χ1) is 13.1. The quantitative estimate of drug-likeness (QED) is 0.748. The minimum Gasteiger partial charge on any atom is -0.392 e. The standard InChI is InChI=1S/C24H32O3/c1-2-23-8-6-15-14-5-4-13(26)10-16(14)17-11-18(17)21(15)22(23)19-12-20(19)24(23,27)7-3-9-25/h3,7,15,17-22,25,27H,2,4-6,8-12H2,1H3/t15?,17?,18?,19-,20+,21?,22?,23+,24+/m1/s1. The highest BCUT2D eigenvalue weighted by Gasteiger charge is 2.77. The van der Waals surface area contributed by atoms with Crippen LogP contribution in [-0.4, -0.2) is 28.2 Å². The number of rotatable bonds is 3. The summed E-state index contributed by atoms with van der Waals surface area (Å²) in [6, 6.07) is 0. The molecule has 9 atom stereocenters. The first-order valence-electron chi connectivity index (χ1n) is 11.3. The summed E-state index contributed by atoms with van der Waals surface area (Å²) in [5, 5.41) is 21.2. The van der Waals surface area contributed by atoms with Crippen molar-refractivity contribution >= 4 is 5.78 Å². The maximum atomic E-state index is 12.1. The zero-order valence-corrected chi connectivity index (χ0v) is 16.4. The van der Waals surface area contributed by atoms with E-state index in [1.54, 1.807) is 17.2 Å². The lowest BCUT2D eigenvalue weighted by Crippen LogP contribution is -2.55. The van der Waals surface area contributed by atoms with E-state index in [4.69, 9.17) is 0 Å². The maximum absolute atomic E-state index is 12.1. The third-order valence-corrected chi connectivity index (χ3v) is 9.89. The van der Waals surface area contributed by atoms with Gasteiger partial charge < -0.3 is 10.2 Å². The van der Waals surface area contributed by atoms with E-state index in [9.17, 15) is 15.0 Å². The SMILES string of the molecule is CC[C@]12CCC3C4=C(CC(=O)CC4)C4CC4C3C1[C@@H]1C[C@@H]1[C@@]2(O)C=CCO. The molecule has 0 amide bonds. The molecule has 0 aromatic carbocycles. The fourth-order valence-corrected chi connectivity index (χ4v) is 8.91. The Labute approximate surface area is 161 Å². The predicted octanol–water partition coefficient (Wildman–Crippen LogP) is 3.65. The third-order valence-electron chi connectivity index (χ3n) is 9.89. The molecule has 0 bridgehead atoms. The molecule has 0 saturated heterocycles. The molecule has 0 spiro atoms. The van der Waals surface area contributed by atoms with Gasteiger partial charge in [-0.1, -0.05) is 30.2 Å². The molecule has 5 unspecified atom stereocenters. The fraction of sp³-hybridized carbons (Fsp3) is 0.792. The lowest BCUT2D eigenvalue weighted by molar-refractivity contribution is -0.121. The van der Waals surface area contributed by atoms with E-state index in [1.807, 2.05) is 6.08 Å². The molecule has 0 radical (unpaired) electrons. The van der Waals surface area contributed by atoms with Crippen molar-refractivity contribution in [1.29, 1.82) is 0 Å². The minimum atomic E-state index is -0.716. The first kappa shape index (κ1) is 17.0. The molecular weight excluding hydrogens is 336 g/mol. The molecule has 6 aliphatic carbocycles.